The molecule has 1 atom stereocenters. The maximum atomic E-state index is 9.25. The molecule has 1 unspecified atom stereocenters. The van der Waals surface area contributed by atoms with Crippen molar-refractivity contribution in [1.82, 2.24) is 15.3 Å². The highest BCUT2D eigenvalue weighted by molar-refractivity contribution is 6.34. The molecule has 0 bridgehead atoms. The minimum absolute atomic E-state index is 0.111. The molecular weight excluding hydrogens is 307 g/mol. The van der Waals surface area contributed by atoms with Crippen molar-refractivity contribution >= 4 is 25.0 Å². The number of unbranched alkanes of at least 4 members (excludes halogenated alkanes) is 1. The van der Waals surface area contributed by atoms with Crippen LogP contribution in [0.1, 0.15) is 32.6 Å². The molecule has 0 fully saturated rings. The van der Waals surface area contributed by atoms with Gasteiger partial charge in [-0.15, -0.1) is 0 Å². The molecule has 1 aromatic rings. The molecule has 0 saturated carbocycles. The Morgan fingerprint density at radius 2 is 2.29 bits per heavy atom. The highest BCUT2D eigenvalue weighted by Gasteiger charge is 2.14. The van der Waals surface area contributed by atoms with Gasteiger partial charge in [-0.3, -0.25) is 0 Å². The smallest absolute Gasteiger partial charge is 0.261 e. The van der Waals surface area contributed by atoms with Gasteiger partial charge in [-0.2, -0.15) is 4.98 Å². The molecule has 0 amide bonds. The lowest BCUT2D eigenvalue weighted by Gasteiger charge is -2.20. The Balaban J connectivity index is 2.84. The number of aliphatic hydroxyl groups is 1. The number of likely N-dealkylation sites (N-methyl/N-ethyl adjacent to an activating group) is 1. The van der Waals surface area contributed by atoms with Gasteiger partial charge in [-0.25, -0.2) is 4.98 Å². The lowest BCUT2D eigenvalue weighted by molar-refractivity contribution is 0.275. The van der Waals surface area contributed by atoms with E-state index in [1.54, 1.807) is 13.2 Å². The van der Waals surface area contributed by atoms with Crippen molar-refractivity contribution in [3.8, 4) is 5.75 Å². The summed E-state index contributed by atoms with van der Waals surface area (Å²) >= 11 is 0. The fourth-order valence-electron chi connectivity index (χ4n) is 2.22. The van der Waals surface area contributed by atoms with E-state index in [2.05, 4.69) is 32.4 Å². The predicted octanol–water partition coefficient (Wildman–Crippen LogP) is 0.808. The standard InChI is InChI=1S/C15H29BN6O2/c1-4-5-6-11(7-8-23)20-14-12(9-19-15(17)21-14)24-10-13(18-3)22-16-2/h9,11,16,23H,4-8,10H2,1-3H3,(H,18,22)(H3,17,19,20,21). The van der Waals surface area contributed by atoms with Crippen LogP contribution in [0, 0.1) is 0 Å². The van der Waals surface area contributed by atoms with E-state index in [-0.39, 0.29) is 18.6 Å². The molecule has 1 rings (SSSR count). The van der Waals surface area contributed by atoms with Crippen LogP contribution >= 0.6 is 0 Å². The number of nitrogens with one attached hydrogen (secondary N) is 2. The number of rotatable bonds is 11. The molecule has 1 heterocycles. The van der Waals surface area contributed by atoms with E-state index in [4.69, 9.17) is 10.5 Å². The number of anilines is 2. The molecule has 1 aromatic heterocycles. The van der Waals surface area contributed by atoms with E-state index >= 15 is 0 Å². The lowest BCUT2D eigenvalue weighted by atomic mass is 10.0. The monoisotopic (exact) mass is 336 g/mol. The van der Waals surface area contributed by atoms with E-state index in [0.717, 1.165) is 25.1 Å². The summed E-state index contributed by atoms with van der Waals surface area (Å²) in [5.41, 5.74) is 5.70. The van der Waals surface area contributed by atoms with Crippen LogP contribution in [0.5, 0.6) is 5.75 Å². The Labute approximate surface area is 144 Å². The van der Waals surface area contributed by atoms with Gasteiger partial charge in [0.2, 0.25) is 5.95 Å². The van der Waals surface area contributed by atoms with Gasteiger partial charge in [0.05, 0.1) is 6.20 Å². The Morgan fingerprint density at radius 3 is 2.92 bits per heavy atom. The van der Waals surface area contributed by atoms with Crippen molar-refractivity contribution in [2.45, 2.75) is 45.5 Å². The lowest BCUT2D eigenvalue weighted by Crippen LogP contribution is -2.27. The third-order valence-corrected chi connectivity index (χ3v) is 3.50. The van der Waals surface area contributed by atoms with E-state index in [1.807, 2.05) is 6.82 Å². The average Bonchev–Trinajstić information content (AvgIpc) is 2.58. The molecule has 0 aromatic carbocycles. The van der Waals surface area contributed by atoms with Crippen molar-refractivity contribution in [2.75, 3.05) is 31.3 Å². The molecule has 5 N–H and O–H groups in total. The van der Waals surface area contributed by atoms with Gasteiger partial charge in [-0.05, 0) is 12.8 Å². The van der Waals surface area contributed by atoms with Gasteiger partial charge < -0.3 is 31.1 Å². The highest BCUT2D eigenvalue weighted by Crippen LogP contribution is 2.24. The van der Waals surface area contributed by atoms with E-state index < -0.39 is 0 Å². The molecular formula is C15H29BN6O2. The fraction of sp³-hybridized carbons (Fsp3) is 0.667. The molecule has 0 saturated heterocycles. The zero-order valence-electron chi connectivity index (χ0n) is 14.9. The summed E-state index contributed by atoms with van der Waals surface area (Å²) in [6.45, 7) is 4.51. The van der Waals surface area contributed by atoms with Crippen LogP contribution in [0.3, 0.4) is 0 Å². The quantitative estimate of drug-likeness (QED) is 0.268. The van der Waals surface area contributed by atoms with Crippen LogP contribution in [-0.4, -0.2) is 54.6 Å². The molecule has 134 valence electrons. The zero-order valence-corrected chi connectivity index (χ0v) is 14.9. The number of amidine groups is 1. The van der Waals surface area contributed by atoms with Crippen LogP contribution in [0.4, 0.5) is 11.8 Å². The molecule has 0 aliphatic carbocycles. The number of nitrogens with two attached hydrogens (primary N) is 1. The largest absolute Gasteiger partial charge is 0.480 e. The van der Waals surface area contributed by atoms with E-state index in [1.165, 1.54) is 0 Å². The fourth-order valence-corrected chi connectivity index (χ4v) is 2.22. The van der Waals surface area contributed by atoms with Crippen LogP contribution in [0.25, 0.3) is 0 Å². The summed E-state index contributed by atoms with van der Waals surface area (Å²) in [4.78, 5) is 12.5. The number of nitrogens with zero attached hydrogens (tertiary/aromatic N) is 3. The Kier molecular flexibility index (Phi) is 9.59. The number of aromatic nitrogens is 2. The first-order valence-corrected chi connectivity index (χ1v) is 8.48. The van der Waals surface area contributed by atoms with Crippen molar-refractivity contribution in [1.29, 1.82) is 0 Å². The number of hydrogen-bond donors (Lipinski definition) is 4. The molecule has 9 heteroatoms. The Morgan fingerprint density at radius 1 is 1.50 bits per heavy atom. The summed E-state index contributed by atoms with van der Waals surface area (Å²) in [6.07, 6.45) is 5.31. The summed E-state index contributed by atoms with van der Waals surface area (Å²) < 4.78 is 5.78. The van der Waals surface area contributed by atoms with Gasteiger partial charge in [0, 0.05) is 19.7 Å². The Hall–Kier alpha value is -2.03. The zero-order chi connectivity index (χ0) is 17.8. The van der Waals surface area contributed by atoms with Gasteiger partial charge >= 0.3 is 0 Å². The number of nitrogen functional groups attached to an aromatic ring is 1. The molecule has 8 nitrogen and oxygen atoms in total. The minimum atomic E-state index is 0.111. The van der Waals surface area contributed by atoms with E-state index in [0.29, 0.717) is 32.0 Å². The van der Waals surface area contributed by atoms with Crippen LogP contribution in [0.2, 0.25) is 6.82 Å². The number of ether oxygens (including phenoxy) is 1. The molecule has 0 spiro atoms. The second kappa shape index (κ2) is 11.5. The molecule has 24 heavy (non-hydrogen) atoms. The van der Waals surface area contributed by atoms with Gasteiger partial charge in [-0.1, -0.05) is 26.6 Å². The van der Waals surface area contributed by atoms with Crippen LogP contribution in [-0.2, 0) is 0 Å². The van der Waals surface area contributed by atoms with Gasteiger partial charge in [0.15, 0.2) is 11.6 Å². The summed E-state index contributed by atoms with van der Waals surface area (Å²) in [6, 6.07) is 0.111. The second-order valence-electron chi connectivity index (χ2n) is 5.40. The SMILES string of the molecule is CB/N=C(/COc1cnc(N)nc1NC(CCO)CCCC)NC. The van der Waals surface area contributed by atoms with Crippen LogP contribution < -0.4 is 21.1 Å². The molecule has 0 aliphatic heterocycles. The van der Waals surface area contributed by atoms with Crippen LogP contribution in [0.15, 0.2) is 11.1 Å². The van der Waals surface area contributed by atoms with Gasteiger partial charge in [0.25, 0.3) is 7.41 Å². The second-order valence-corrected chi connectivity index (χ2v) is 5.40. The highest BCUT2D eigenvalue weighted by atomic mass is 16.5. The molecule has 0 aliphatic rings. The summed E-state index contributed by atoms with van der Waals surface area (Å²) in [5, 5.41) is 15.6. The first-order chi connectivity index (χ1) is 11.6. The normalized spacial score (nSPS) is 12.6. The van der Waals surface area contributed by atoms with Crippen molar-refractivity contribution in [3.63, 3.8) is 0 Å². The first-order valence-electron chi connectivity index (χ1n) is 8.48. The van der Waals surface area contributed by atoms with E-state index in [9.17, 15) is 5.11 Å². The maximum Gasteiger partial charge on any atom is 0.261 e. The molecule has 0 radical (unpaired) electrons. The topological polar surface area (TPSA) is 118 Å². The van der Waals surface area contributed by atoms with Gasteiger partial charge in [0.1, 0.15) is 12.4 Å². The first kappa shape index (κ1) is 20.0. The Bertz CT molecular complexity index is 515. The predicted molar refractivity (Wildman–Crippen MR) is 100 cm³/mol. The van der Waals surface area contributed by atoms with Crippen molar-refractivity contribution in [3.05, 3.63) is 6.20 Å². The maximum absolute atomic E-state index is 9.25. The summed E-state index contributed by atoms with van der Waals surface area (Å²) in [5.74, 6) is 1.99. The van der Waals surface area contributed by atoms with Crippen molar-refractivity contribution < 1.29 is 9.84 Å². The number of aliphatic hydroxyl groups excluding tert-OH is 1. The average molecular weight is 336 g/mol. The third kappa shape index (κ3) is 7.03. The minimum Gasteiger partial charge on any atom is -0.480 e. The summed E-state index contributed by atoms with van der Waals surface area (Å²) in [7, 11) is 2.48. The third-order valence-electron chi connectivity index (χ3n) is 3.50. The number of hydrogen-bond acceptors (Lipinski definition) is 7. The van der Waals surface area contributed by atoms with Crippen molar-refractivity contribution in [2.24, 2.45) is 4.90 Å².